The zero-order chi connectivity index (χ0) is 17.2. The lowest BCUT2D eigenvalue weighted by Crippen LogP contribution is -2.13. The van der Waals surface area contributed by atoms with Gasteiger partial charge in [0.15, 0.2) is 0 Å². The van der Waals surface area contributed by atoms with Crippen molar-refractivity contribution in [1.29, 1.82) is 0 Å². The number of thiazole rings is 1. The summed E-state index contributed by atoms with van der Waals surface area (Å²) in [4.78, 5) is 10.2. The molecule has 0 amide bonds. The number of hydrogen-bond donors (Lipinski definition) is 1. The Kier molecular flexibility index (Phi) is 4.41. The fourth-order valence-electron chi connectivity index (χ4n) is 2.53. The lowest BCUT2D eigenvalue weighted by molar-refractivity contribution is 0.575. The van der Waals surface area contributed by atoms with Gasteiger partial charge in [0.1, 0.15) is 0 Å². The van der Waals surface area contributed by atoms with E-state index >= 15 is 0 Å². The van der Waals surface area contributed by atoms with Crippen LogP contribution >= 0.6 is 11.3 Å². The number of hydrogen-bond acceptors (Lipinski definition) is 4. The molecule has 3 nitrogen and oxygen atoms in total. The summed E-state index contributed by atoms with van der Waals surface area (Å²) >= 11 is 1.66. The van der Waals surface area contributed by atoms with Gasteiger partial charge in [-0.25, -0.2) is 4.98 Å². The molecule has 1 atom stereocenters. The third kappa shape index (κ3) is 3.82. The third-order valence-electron chi connectivity index (χ3n) is 4.24. The van der Waals surface area contributed by atoms with Crippen LogP contribution in [0.1, 0.15) is 31.3 Å². The van der Waals surface area contributed by atoms with Crippen LogP contribution in [0.2, 0.25) is 0 Å². The summed E-state index contributed by atoms with van der Waals surface area (Å²) in [7, 11) is 0. The molecule has 0 fully saturated rings. The Bertz CT molecular complexity index is 772. The van der Waals surface area contributed by atoms with E-state index in [1.807, 2.05) is 17.8 Å². The molecule has 1 aromatic heterocycles. The van der Waals surface area contributed by atoms with Crippen LogP contribution in [0, 0.1) is 10.8 Å². The highest BCUT2D eigenvalue weighted by Crippen LogP contribution is 2.30. The number of aromatic nitrogens is 1. The van der Waals surface area contributed by atoms with Gasteiger partial charge in [0.05, 0.1) is 22.6 Å². The first-order chi connectivity index (χ1) is 11.4. The summed E-state index contributed by atoms with van der Waals surface area (Å²) in [5.74, 6) is 0. The minimum atomic E-state index is -0.115. The molecule has 24 heavy (non-hydrogen) atoms. The molecular formula is C20H23N3S. The number of rotatable bonds is 3. The first kappa shape index (κ1) is 16.7. The summed E-state index contributed by atoms with van der Waals surface area (Å²) in [6, 6.07) is 0. The SMILES string of the molecule is CC1(C)C=CC(N)=C(/C=N/CC2(C)C=Cc3ncsc3C=C2)C=C1. The van der Waals surface area contributed by atoms with Gasteiger partial charge in [0.2, 0.25) is 0 Å². The van der Waals surface area contributed by atoms with E-state index in [2.05, 4.69) is 73.3 Å². The number of fused-ring (bicyclic) bond motifs is 1. The third-order valence-corrected chi connectivity index (χ3v) is 5.05. The molecule has 2 aliphatic carbocycles. The molecule has 1 aromatic rings. The van der Waals surface area contributed by atoms with Gasteiger partial charge >= 0.3 is 0 Å². The van der Waals surface area contributed by atoms with Gasteiger partial charge in [-0.3, -0.25) is 4.99 Å². The Balaban J connectivity index is 1.74. The molecule has 0 saturated heterocycles. The molecule has 2 aliphatic rings. The van der Waals surface area contributed by atoms with E-state index in [1.165, 1.54) is 4.88 Å². The Hall–Kier alpha value is -2.20. The maximum Gasteiger partial charge on any atom is 0.0809 e. The lowest BCUT2D eigenvalue weighted by atomic mass is 9.90. The van der Waals surface area contributed by atoms with Crippen molar-refractivity contribution in [3.63, 3.8) is 0 Å². The topological polar surface area (TPSA) is 51.3 Å². The van der Waals surface area contributed by atoms with Gasteiger partial charge in [-0.2, -0.15) is 0 Å². The number of aliphatic imine (C=N–C) groups is 1. The maximum absolute atomic E-state index is 6.14. The van der Waals surface area contributed by atoms with Crippen LogP contribution in [-0.4, -0.2) is 17.7 Å². The molecule has 0 aromatic carbocycles. The van der Waals surface area contributed by atoms with Crippen molar-refractivity contribution < 1.29 is 0 Å². The molecule has 4 heteroatoms. The van der Waals surface area contributed by atoms with Crippen molar-refractivity contribution in [1.82, 2.24) is 4.98 Å². The Morgan fingerprint density at radius 2 is 1.83 bits per heavy atom. The summed E-state index contributed by atoms with van der Waals surface area (Å²) in [5, 5.41) is 0. The van der Waals surface area contributed by atoms with E-state index < -0.39 is 0 Å². The second-order valence-corrected chi connectivity index (χ2v) is 8.03. The second-order valence-electron chi connectivity index (χ2n) is 7.14. The van der Waals surface area contributed by atoms with Crippen molar-refractivity contribution in [3.05, 3.63) is 63.8 Å². The second kappa shape index (κ2) is 6.36. The molecule has 0 saturated carbocycles. The Morgan fingerprint density at radius 1 is 1.08 bits per heavy atom. The number of allylic oxidation sites excluding steroid dienone is 5. The normalized spacial score (nSPS) is 25.1. The average Bonchev–Trinajstić information content (AvgIpc) is 2.88. The van der Waals surface area contributed by atoms with Crippen LogP contribution in [0.5, 0.6) is 0 Å². The van der Waals surface area contributed by atoms with E-state index in [0.717, 1.165) is 17.0 Å². The average molecular weight is 337 g/mol. The van der Waals surface area contributed by atoms with Gasteiger partial charge in [-0.1, -0.05) is 51.2 Å². The largest absolute Gasteiger partial charge is 0.398 e. The van der Waals surface area contributed by atoms with Crippen molar-refractivity contribution in [3.8, 4) is 0 Å². The van der Waals surface area contributed by atoms with E-state index in [0.29, 0.717) is 6.54 Å². The summed E-state index contributed by atoms with van der Waals surface area (Å²) < 4.78 is 0. The van der Waals surface area contributed by atoms with Crippen LogP contribution in [0.3, 0.4) is 0 Å². The van der Waals surface area contributed by atoms with Crippen LogP contribution in [0.4, 0.5) is 0 Å². The number of nitrogens with zero attached hydrogens (tertiary/aromatic N) is 2. The highest BCUT2D eigenvalue weighted by atomic mass is 32.1. The highest BCUT2D eigenvalue weighted by Gasteiger charge is 2.19. The summed E-state index contributed by atoms with van der Waals surface area (Å²) in [5.41, 5.74) is 10.7. The molecular weight excluding hydrogens is 314 g/mol. The smallest absolute Gasteiger partial charge is 0.0809 e. The molecule has 124 valence electrons. The Morgan fingerprint density at radius 3 is 2.67 bits per heavy atom. The van der Waals surface area contributed by atoms with E-state index in [4.69, 9.17) is 5.73 Å². The van der Waals surface area contributed by atoms with Crippen molar-refractivity contribution in [2.75, 3.05) is 6.54 Å². The molecule has 0 aliphatic heterocycles. The van der Waals surface area contributed by atoms with Gasteiger partial charge in [-0.05, 0) is 18.2 Å². The van der Waals surface area contributed by atoms with Crippen molar-refractivity contribution >= 4 is 29.7 Å². The van der Waals surface area contributed by atoms with Gasteiger partial charge < -0.3 is 5.73 Å². The van der Waals surface area contributed by atoms with Crippen LogP contribution in [-0.2, 0) is 0 Å². The standard InChI is InChI=1S/C20H23N3S/c1-19(2)8-4-15(16(21)5-9-19)12-22-13-20(3)10-6-17-18(7-11-20)24-14-23-17/h4-12,14H,13,21H2,1-3H3/b22-12+. The highest BCUT2D eigenvalue weighted by molar-refractivity contribution is 7.10. The molecule has 0 spiro atoms. The van der Waals surface area contributed by atoms with Crippen molar-refractivity contribution in [2.24, 2.45) is 21.6 Å². The Labute approximate surface area is 147 Å². The fourth-order valence-corrected chi connectivity index (χ4v) is 3.19. The minimum Gasteiger partial charge on any atom is -0.398 e. The molecule has 2 N–H and O–H groups in total. The van der Waals surface area contributed by atoms with Gasteiger partial charge in [0, 0.05) is 28.3 Å². The predicted octanol–water partition coefficient (Wildman–Crippen LogP) is 4.63. The summed E-state index contributed by atoms with van der Waals surface area (Å²) in [6.07, 6.45) is 18.8. The van der Waals surface area contributed by atoms with Gasteiger partial charge in [-0.15, -0.1) is 11.3 Å². The fraction of sp³-hybridized carbons (Fsp3) is 0.300. The van der Waals surface area contributed by atoms with Crippen LogP contribution in [0.25, 0.3) is 12.2 Å². The van der Waals surface area contributed by atoms with Crippen LogP contribution in [0.15, 0.2) is 58.2 Å². The van der Waals surface area contributed by atoms with Gasteiger partial charge in [0.25, 0.3) is 0 Å². The lowest BCUT2D eigenvalue weighted by Gasteiger charge is -2.18. The van der Waals surface area contributed by atoms with E-state index in [1.54, 1.807) is 11.3 Å². The van der Waals surface area contributed by atoms with E-state index in [9.17, 15) is 0 Å². The first-order valence-electron chi connectivity index (χ1n) is 8.07. The monoisotopic (exact) mass is 337 g/mol. The zero-order valence-electron chi connectivity index (χ0n) is 14.4. The number of nitrogens with two attached hydrogens (primary N) is 1. The molecule has 3 rings (SSSR count). The first-order valence-corrected chi connectivity index (χ1v) is 8.95. The molecule has 1 heterocycles. The molecule has 0 bridgehead atoms. The summed E-state index contributed by atoms with van der Waals surface area (Å²) in [6.45, 7) is 7.16. The quantitative estimate of drug-likeness (QED) is 0.818. The zero-order valence-corrected chi connectivity index (χ0v) is 15.2. The minimum absolute atomic E-state index is 0.0172. The molecule has 1 unspecified atom stereocenters. The molecule has 0 radical (unpaired) electrons. The predicted molar refractivity (Wildman–Crippen MR) is 105 cm³/mol. The van der Waals surface area contributed by atoms with E-state index in [-0.39, 0.29) is 10.8 Å². The van der Waals surface area contributed by atoms with Crippen LogP contribution < -0.4 is 5.73 Å². The van der Waals surface area contributed by atoms with Crippen molar-refractivity contribution in [2.45, 2.75) is 20.8 Å². The maximum atomic E-state index is 6.14.